The van der Waals surface area contributed by atoms with Gasteiger partial charge in [0.1, 0.15) is 18.8 Å². The second-order valence-corrected chi connectivity index (χ2v) is 6.01. The number of allylic oxidation sites excluding steroid dienone is 1. The first-order valence-corrected chi connectivity index (χ1v) is 7.54. The molecular weight excluding hydrogens is 304 g/mol. The van der Waals surface area contributed by atoms with Crippen molar-refractivity contribution in [2.45, 2.75) is 65.3 Å². The summed E-state index contributed by atoms with van der Waals surface area (Å²) >= 11 is 0. The zero-order chi connectivity index (χ0) is 18.2. The largest absolute Gasteiger partial charge is 0.480 e. The Bertz CT molecular complexity index is 436. The summed E-state index contributed by atoms with van der Waals surface area (Å²) in [6.07, 6.45) is -0.925. The summed E-state index contributed by atoms with van der Waals surface area (Å²) in [6.45, 7) is 7.85. The van der Waals surface area contributed by atoms with E-state index in [0.29, 0.717) is 12.8 Å². The predicted octanol–water partition coefficient (Wildman–Crippen LogP) is 1.83. The SMILES string of the molecule is CCC(OCC(=O)O)C(C)(O)C(CC(C)=C(C)C)OCC(=O)O. The Morgan fingerprint density at radius 1 is 1.00 bits per heavy atom. The molecule has 0 radical (unpaired) electrons. The summed E-state index contributed by atoms with van der Waals surface area (Å²) in [4.78, 5) is 21.5. The minimum atomic E-state index is -1.53. The summed E-state index contributed by atoms with van der Waals surface area (Å²) in [5, 5.41) is 28.4. The molecule has 0 rings (SSSR count). The lowest BCUT2D eigenvalue weighted by Crippen LogP contribution is -2.52. The van der Waals surface area contributed by atoms with Gasteiger partial charge in [-0.15, -0.1) is 0 Å². The first-order valence-electron chi connectivity index (χ1n) is 7.54. The number of hydrogen-bond donors (Lipinski definition) is 3. The minimum absolute atomic E-state index is 0.329. The first-order chi connectivity index (χ1) is 10.5. The van der Waals surface area contributed by atoms with Gasteiger partial charge in [-0.1, -0.05) is 18.1 Å². The van der Waals surface area contributed by atoms with E-state index < -0.39 is 43.0 Å². The van der Waals surface area contributed by atoms with E-state index >= 15 is 0 Å². The molecule has 7 heteroatoms. The van der Waals surface area contributed by atoms with Crippen molar-refractivity contribution in [1.29, 1.82) is 0 Å². The van der Waals surface area contributed by atoms with Gasteiger partial charge in [0.15, 0.2) is 0 Å². The van der Waals surface area contributed by atoms with Crippen LogP contribution in [0.2, 0.25) is 0 Å². The van der Waals surface area contributed by atoms with Crippen molar-refractivity contribution >= 4 is 11.9 Å². The van der Waals surface area contributed by atoms with Gasteiger partial charge in [-0.05, 0) is 40.5 Å². The maximum Gasteiger partial charge on any atom is 0.329 e. The third-order valence-corrected chi connectivity index (χ3v) is 3.84. The lowest BCUT2D eigenvalue weighted by atomic mass is 9.86. The highest BCUT2D eigenvalue weighted by atomic mass is 16.5. The Labute approximate surface area is 136 Å². The maximum atomic E-state index is 10.8. The number of aliphatic carboxylic acids is 2. The molecule has 3 unspecified atom stereocenters. The molecule has 3 atom stereocenters. The van der Waals surface area contributed by atoms with Crippen LogP contribution in [0.1, 0.15) is 47.5 Å². The molecule has 0 saturated carbocycles. The maximum absolute atomic E-state index is 10.8. The third-order valence-electron chi connectivity index (χ3n) is 3.84. The van der Waals surface area contributed by atoms with Crippen LogP contribution < -0.4 is 0 Å². The summed E-state index contributed by atoms with van der Waals surface area (Å²) in [7, 11) is 0. The molecule has 0 aromatic rings. The van der Waals surface area contributed by atoms with Crippen molar-refractivity contribution < 1.29 is 34.4 Å². The fraction of sp³-hybridized carbons (Fsp3) is 0.750. The van der Waals surface area contributed by atoms with Gasteiger partial charge in [-0.25, -0.2) is 9.59 Å². The number of aliphatic hydroxyl groups is 1. The topological polar surface area (TPSA) is 113 Å². The third kappa shape index (κ3) is 7.58. The van der Waals surface area contributed by atoms with E-state index in [4.69, 9.17) is 19.7 Å². The molecule has 0 aliphatic heterocycles. The molecule has 0 saturated heterocycles. The number of ether oxygens (including phenoxy) is 2. The zero-order valence-electron chi connectivity index (χ0n) is 14.5. The van der Waals surface area contributed by atoms with Gasteiger partial charge in [0.25, 0.3) is 0 Å². The molecule has 23 heavy (non-hydrogen) atoms. The predicted molar refractivity (Wildman–Crippen MR) is 84.3 cm³/mol. The molecule has 134 valence electrons. The number of rotatable bonds is 11. The van der Waals surface area contributed by atoms with Crippen LogP contribution in [0, 0.1) is 0 Å². The van der Waals surface area contributed by atoms with Gasteiger partial charge in [0, 0.05) is 0 Å². The Balaban J connectivity index is 5.30. The molecule has 7 nitrogen and oxygen atoms in total. The lowest BCUT2D eigenvalue weighted by Gasteiger charge is -2.38. The van der Waals surface area contributed by atoms with Crippen LogP contribution in [-0.4, -0.2) is 58.3 Å². The normalized spacial score (nSPS) is 16.3. The molecule has 0 aliphatic carbocycles. The number of hydrogen-bond acceptors (Lipinski definition) is 5. The molecular formula is C16H28O7. The van der Waals surface area contributed by atoms with Crippen molar-refractivity contribution in [2.24, 2.45) is 0 Å². The van der Waals surface area contributed by atoms with Gasteiger partial charge in [-0.2, -0.15) is 0 Å². The summed E-state index contributed by atoms with van der Waals surface area (Å²) in [6, 6.07) is 0. The number of carboxylic acids is 2. The van der Waals surface area contributed by atoms with Crippen LogP contribution in [0.25, 0.3) is 0 Å². The molecule has 0 heterocycles. The van der Waals surface area contributed by atoms with Crippen molar-refractivity contribution in [3.63, 3.8) is 0 Å². The first kappa shape index (κ1) is 21.6. The van der Waals surface area contributed by atoms with E-state index in [1.54, 1.807) is 6.92 Å². The minimum Gasteiger partial charge on any atom is -0.480 e. The Morgan fingerprint density at radius 3 is 1.78 bits per heavy atom. The number of carbonyl (C=O) groups is 2. The fourth-order valence-corrected chi connectivity index (χ4v) is 2.17. The highest BCUT2D eigenvalue weighted by Gasteiger charge is 2.41. The van der Waals surface area contributed by atoms with Crippen LogP contribution in [-0.2, 0) is 19.1 Å². The quantitative estimate of drug-likeness (QED) is 0.495. The zero-order valence-corrected chi connectivity index (χ0v) is 14.5. The Kier molecular flexibility index (Phi) is 9.04. The molecule has 0 aromatic heterocycles. The Morgan fingerprint density at radius 2 is 1.43 bits per heavy atom. The molecule has 0 amide bonds. The van der Waals surface area contributed by atoms with Gasteiger partial charge in [-0.3, -0.25) is 0 Å². The summed E-state index contributed by atoms with van der Waals surface area (Å²) < 4.78 is 10.6. The molecule has 0 aromatic carbocycles. The van der Waals surface area contributed by atoms with E-state index in [0.717, 1.165) is 11.1 Å². The van der Waals surface area contributed by atoms with Crippen molar-refractivity contribution in [2.75, 3.05) is 13.2 Å². The average molecular weight is 332 g/mol. The molecule has 0 spiro atoms. The average Bonchev–Trinajstić information content (AvgIpc) is 2.42. The van der Waals surface area contributed by atoms with Gasteiger partial charge >= 0.3 is 11.9 Å². The highest BCUT2D eigenvalue weighted by molar-refractivity contribution is 5.68. The Hall–Kier alpha value is -1.44. The fourth-order valence-electron chi connectivity index (χ4n) is 2.17. The van der Waals surface area contributed by atoms with E-state index in [2.05, 4.69) is 0 Å². The monoisotopic (exact) mass is 332 g/mol. The van der Waals surface area contributed by atoms with Crippen LogP contribution in [0.3, 0.4) is 0 Å². The van der Waals surface area contributed by atoms with Gasteiger partial charge in [0.2, 0.25) is 0 Å². The van der Waals surface area contributed by atoms with E-state index in [1.165, 1.54) is 6.92 Å². The summed E-state index contributed by atoms with van der Waals surface area (Å²) in [5.41, 5.74) is 0.481. The van der Waals surface area contributed by atoms with Crippen LogP contribution in [0.5, 0.6) is 0 Å². The van der Waals surface area contributed by atoms with Crippen LogP contribution in [0.15, 0.2) is 11.1 Å². The standard InChI is InChI=1S/C16H28O7/c1-6-12(22-8-14(17)18)16(5,21)13(23-9-15(19)20)7-11(4)10(2)3/h12-13,21H,6-9H2,1-5H3,(H,17,18)(H,19,20). The van der Waals surface area contributed by atoms with Crippen LogP contribution >= 0.6 is 0 Å². The smallest absolute Gasteiger partial charge is 0.329 e. The van der Waals surface area contributed by atoms with Crippen LogP contribution in [0.4, 0.5) is 0 Å². The van der Waals surface area contributed by atoms with Crippen molar-refractivity contribution in [3.05, 3.63) is 11.1 Å². The van der Waals surface area contributed by atoms with E-state index in [-0.39, 0.29) is 0 Å². The number of carboxylic acid groups (broad SMARTS) is 2. The van der Waals surface area contributed by atoms with Crippen molar-refractivity contribution in [3.8, 4) is 0 Å². The van der Waals surface area contributed by atoms with Gasteiger partial charge < -0.3 is 24.8 Å². The molecule has 0 fully saturated rings. The van der Waals surface area contributed by atoms with E-state index in [1.807, 2.05) is 20.8 Å². The molecule has 3 N–H and O–H groups in total. The lowest BCUT2D eigenvalue weighted by molar-refractivity contribution is -0.184. The highest BCUT2D eigenvalue weighted by Crippen LogP contribution is 2.28. The second-order valence-electron chi connectivity index (χ2n) is 6.01. The second kappa shape index (κ2) is 9.64. The van der Waals surface area contributed by atoms with E-state index in [9.17, 15) is 14.7 Å². The summed E-state index contributed by atoms with van der Waals surface area (Å²) in [5.74, 6) is -2.28. The molecule has 0 bridgehead atoms. The van der Waals surface area contributed by atoms with Crippen molar-refractivity contribution in [1.82, 2.24) is 0 Å². The molecule has 0 aliphatic rings. The van der Waals surface area contributed by atoms with Gasteiger partial charge in [0.05, 0.1) is 12.2 Å².